The number of pyridine rings is 1. The van der Waals surface area contributed by atoms with Gasteiger partial charge in [0.15, 0.2) is 0 Å². The smallest absolute Gasteiger partial charge is 0.268 e. The van der Waals surface area contributed by atoms with E-state index in [0.29, 0.717) is 18.5 Å². The lowest BCUT2D eigenvalue weighted by Gasteiger charge is -2.14. The molecule has 1 N–H and O–H groups in total. The summed E-state index contributed by atoms with van der Waals surface area (Å²) in [5.41, 5.74) is 2.24. The van der Waals surface area contributed by atoms with Gasteiger partial charge < -0.3 is 0 Å². The zero-order valence-corrected chi connectivity index (χ0v) is 17.8. The average Bonchev–Trinajstić information content (AvgIpc) is 3.25. The molecule has 1 aromatic carbocycles. The van der Waals surface area contributed by atoms with Crippen LogP contribution < -0.4 is 4.72 Å². The second-order valence-electron chi connectivity index (χ2n) is 6.91. The molecule has 0 saturated heterocycles. The number of imide groups is 1. The third-order valence-electron chi connectivity index (χ3n) is 4.92. The van der Waals surface area contributed by atoms with Crippen molar-refractivity contribution in [3.05, 3.63) is 81.3 Å². The van der Waals surface area contributed by atoms with Crippen LogP contribution in [0.1, 0.15) is 36.9 Å². The van der Waals surface area contributed by atoms with Gasteiger partial charge in [0.05, 0.1) is 17.0 Å². The van der Waals surface area contributed by atoms with E-state index in [1.165, 1.54) is 18.3 Å². The maximum absolute atomic E-state index is 12.5. The van der Waals surface area contributed by atoms with E-state index in [0.717, 1.165) is 15.3 Å². The third kappa shape index (κ3) is 3.91. The monoisotopic (exact) mass is 441 g/mol. The molecule has 154 valence electrons. The van der Waals surface area contributed by atoms with Crippen LogP contribution >= 0.6 is 11.3 Å². The summed E-state index contributed by atoms with van der Waals surface area (Å²) >= 11 is 1.61. The molecule has 1 aliphatic rings. The highest BCUT2D eigenvalue weighted by Gasteiger charge is 2.36. The van der Waals surface area contributed by atoms with E-state index in [1.807, 2.05) is 18.4 Å². The van der Waals surface area contributed by atoms with E-state index < -0.39 is 21.8 Å². The maximum Gasteiger partial charge on any atom is 0.280 e. The number of fused-ring (bicyclic) bond motifs is 1. The maximum atomic E-state index is 12.5. The number of aromatic nitrogens is 1. The number of nitrogens with zero attached hydrogens (tertiary/aromatic N) is 2. The third-order valence-corrected chi connectivity index (χ3v) is 7.48. The number of amides is 2. The first-order chi connectivity index (χ1) is 14.4. The van der Waals surface area contributed by atoms with Gasteiger partial charge in [-0.3, -0.25) is 19.5 Å². The first-order valence-corrected chi connectivity index (χ1v) is 11.7. The molecule has 3 aromatic rings. The van der Waals surface area contributed by atoms with Gasteiger partial charge in [0.25, 0.3) is 11.8 Å². The van der Waals surface area contributed by atoms with Crippen molar-refractivity contribution in [2.75, 3.05) is 6.54 Å². The lowest BCUT2D eigenvalue weighted by Crippen LogP contribution is -2.29. The van der Waals surface area contributed by atoms with E-state index >= 15 is 0 Å². The molecule has 2 amide bonds. The zero-order valence-electron chi connectivity index (χ0n) is 16.2. The van der Waals surface area contributed by atoms with Crippen LogP contribution in [-0.4, -0.2) is 36.7 Å². The molecular formula is C21H19N3O4S2. The molecule has 0 saturated carbocycles. The second-order valence-corrected chi connectivity index (χ2v) is 9.68. The van der Waals surface area contributed by atoms with Gasteiger partial charge in [0.1, 0.15) is 5.69 Å². The van der Waals surface area contributed by atoms with Gasteiger partial charge in [-0.15, -0.1) is 11.3 Å². The van der Waals surface area contributed by atoms with Gasteiger partial charge >= 0.3 is 0 Å². The summed E-state index contributed by atoms with van der Waals surface area (Å²) in [6.07, 6.45) is 2.11. The summed E-state index contributed by atoms with van der Waals surface area (Å²) in [5, 5.41) is 1.99. The number of carbonyl (C=O) groups is 2. The van der Waals surface area contributed by atoms with Crippen molar-refractivity contribution in [3.8, 4) is 0 Å². The predicted molar refractivity (Wildman–Crippen MR) is 113 cm³/mol. The molecule has 2 aromatic heterocycles. The van der Waals surface area contributed by atoms with Gasteiger partial charge in [-0.25, -0.2) is 13.1 Å². The summed E-state index contributed by atoms with van der Waals surface area (Å²) in [4.78, 5) is 31.2. The van der Waals surface area contributed by atoms with Crippen molar-refractivity contribution in [1.29, 1.82) is 0 Å². The number of rotatable bonds is 7. The fraction of sp³-hybridized carbons (Fsp3) is 0.190. The first kappa shape index (κ1) is 20.4. The standard InChI is InChI=1S/C21H19N3O4S2/c1-14-9-12-29-18(14)8-11-23-30(27,28)16-6-4-15(5-7-16)13-24-20(25)17-3-2-10-22-19(17)21(24)26/h2-7,9-10,12,23H,8,11,13H2,1H3. The molecule has 0 spiro atoms. The fourth-order valence-electron chi connectivity index (χ4n) is 3.26. The van der Waals surface area contributed by atoms with Crippen molar-refractivity contribution >= 4 is 33.2 Å². The fourth-order valence-corrected chi connectivity index (χ4v) is 5.20. The first-order valence-electron chi connectivity index (χ1n) is 9.29. The number of hydrogen-bond donors (Lipinski definition) is 1. The number of sulfonamides is 1. The molecule has 1 aliphatic heterocycles. The van der Waals surface area contributed by atoms with E-state index in [2.05, 4.69) is 9.71 Å². The Morgan fingerprint density at radius 3 is 2.50 bits per heavy atom. The van der Waals surface area contributed by atoms with Gasteiger partial charge in [-0.1, -0.05) is 12.1 Å². The van der Waals surface area contributed by atoms with Crippen LogP contribution in [-0.2, 0) is 23.0 Å². The molecule has 0 radical (unpaired) electrons. The second kappa shape index (κ2) is 8.10. The Balaban J connectivity index is 1.41. The summed E-state index contributed by atoms with van der Waals surface area (Å²) in [6.45, 7) is 2.37. The zero-order chi connectivity index (χ0) is 21.3. The normalized spacial score (nSPS) is 13.7. The van der Waals surface area contributed by atoms with Crippen molar-refractivity contribution in [1.82, 2.24) is 14.6 Å². The highest BCUT2D eigenvalue weighted by molar-refractivity contribution is 7.89. The van der Waals surface area contributed by atoms with Crippen molar-refractivity contribution < 1.29 is 18.0 Å². The van der Waals surface area contributed by atoms with Crippen LogP contribution in [0, 0.1) is 6.92 Å². The van der Waals surface area contributed by atoms with E-state index in [-0.39, 0.29) is 22.7 Å². The Kier molecular flexibility index (Phi) is 5.50. The van der Waals surface area contributed by atoms with Crippen LogP contribution in [0.5, 0.6) is 0 Å². The molecule has 0 unspecified atom stereocenters. The molecular weight excluding hydrogens is 422 g/mol. The summed E-state index contributed by atoms with van der Waals surface area (Å²) < 4.78 is 27.7. The highest BCUT2D eigenvalue weighted by atomic mass is 32.2. The van der Waals surface area contributed by atoms with Crippen molar-refractivity contribution in [2.45, 2.75) is 24.8 Å². The average molecular weight is 442 g/mol. The van der Waals surface area contributed by atoms with E-state index in [1.54, 1.807) is 35.6 Å². The SMILES string of the molecule is Cc1ccsc1CCNS(=O)(=O)c1ccc(CN2C(=O)c3cccnc3C2=O)cc1. The Morgan fingerprint density at radius 1 is 1.07 bits per heavy atom. The highest BCUT2D eigenvalue weighted by Crippen LogP contribution is 2.23. The minimum absolute atomic E-state index is 0.0550. The Bertz CT molecular complexity index is 1180. The van der Waals surface area contributed by atoms with E-state index in [4.69, 9.17) is 0 Å². The van der Waals surface area contributed by atoms with Crippen LogP contribution in [0.15, 0.2) is 58.9 Å². The topological polar surface area (TPSA) is 96.4 Å². The van der Waals surface area contributed by atoms with Crippen LogP contribution in [0.4, 0.5) is 0 Å². The number of nitrogens with one attached hydrogen (secondary N) is 1. The quantitative estimate of drug-likeness (QED) is 0.569. The van der Waals surface area contributed by atoms with Gasteiger partial charge in [0, 0.05) is 17.6 Å². The number of hydrogen-bond acceptors (Lipinski definition) is 6. The Morgan fingerprint density at radius 2 is 1.83 bits per heavy atom. The molecule has 0 aliphatic carbocycles. The summed E-state index contributed by atoms with van der Waals surface area (Å²) in [5.74, 6) is -0.844. The molecule has 4 rings (SSSR count). The molecule has 0 atom stereocenters. The number of aryl methyl sites for hydroxylation is 1. The minimum Gasteiger partial charge on any atom is -0.268 e. The van der Waals surface area contributed by atoms with Gasteiger partial charge in [-0.2, -0.15) is 0 Å². The molecule has 7 nitrogen and oxygen atoms in total. The Hall–Kier alpha value is -2.88. The Labute approximate surface area is 178 Å². The molecule has 0 fully saturated rings. The number of thiophene rings is 1. The number of carbonyl (C=O) groups excluding carboxylic acids is 2. The predicted octanol–water partition coefficient (Wildman–Crippen LogP) is 2.77. The van der Waals surface area contributed by atoms with Crippen LogP contribution in [0.3, 0.4) is 0 Å². The van der Waals surface area contributed by atoms with Gasteiger partial charge in [-0.05, 0) is 60.2 Å². The summed E-state index contributed by atoms with van der Waals surface area (Å²) in [6, 6.07) is 11.4. The largest absolute Gasteiger partial charge is 0.280 e. The van der Waals surface area contributed by atoms with Crippen LogP contribution in [0.25, 0.3) is 0 Å². The van der Waals surface area contributed by atoms with Crippen molar-refractivity contribution in [3.63, 3.8) is 0 Å². The number of benzene rings is 1. The molecule has 3 heterocycles. The lowest BCUT2D eigenvalue weighted by atomic mass is 10.2. The van der Waals surface area contributed by atoms with E-state index in [9.17, 15) is 18.0 Å². The molecule has 0 bridgehead atoms. The lowest BCUT2D eigenvalue weighted by molar-refractivity contribution is 0.0640. The summed E-state index contributed by atoms with van der Waals surface area (Å²) in [7, 11) is -3.64. The van der Waals surface area contributed by atoms with Crippen molar-refractivity contribution in [2.24, 2.45) is 0 Å². The van der Waals surface area contributed by atoms with Crippen LogP contribution in [0.2, 0.25) is 0 Å². The van der Waals surface area contributed by atoms with Gasteiger partial charge in [0.2, 0.25) is 10.0 Å². The molecule has 9 heteroatoms. The minimum atomic E-state index is -3.64. The molecule has 30 heavy (non-hydrogen) atoms.